The van der Waals surface area contributed by atoms with Crippen molar-refractivity contribution in [1.29, 1.82) is 0 Å². The van der Waals surface area contributed by atoms with Gasteiger partial charge >= 0.3 is 6.03 Å². The molecule has 1 N–H and O–H groups in total. The third kappa shape index (κ3) is 2.61. The number of hydrogen-bond acceptors (Lipinski definition) is 4. The van der Waals surface area contributed by atoms with Gasteiger partial charge in [-0.3, -0.25) is 9.69 Å². The molecule has 0 aliphatic carbocycles. The number of carbonyl (C=O) groups excluding carboxylic acids is 2. The van der Waals surface area contributed by atoms with E-state index in [1.54, 1.807) is 31.4 Å². The first-order chi connectivity index (χ1) is 12.6. The summed E-state index contributed by atoms with van der Waals surface area (Å²) in [6.07, 6.45) is 1.58. The molecule has 1 atom stereocenters. The molecule has 4 rings (SSSR count). The SMILES string of the molecule is COc1cccc([C@H]2NC(=O)N(C)C3=C2C(=O)N(Cc2ccco2)C3)c1. The third-order valence-electron chi connectivity index (χ3n) is 4.79. The van der Waals surface area contributed by atoms with Crippen molar-refractivity contribution in [3.05, 3.63) is 65.3 Å². The van der Waals surface area contributed by atoms with E-state index in [1.165, 1.54) is 4.90 Å². The van der Waals surface area contributed by atoms with Gasteiger partial charge < -0.3 is 19.4 Å². The molecule has 26 heavy (non-hydrogen) atoms. The number of urea groups is 1. The molecule has 1 aromatic heterocycles. The van der Waals surface area contributed by atoms with Gasteiger partial charge in [-0.05, 0) is 29.8 Å². The number of likely N-dealkylation sites (N-methyl/N-ethyl adjacent to an activating group) is 1. The van der Waals surface area contributed by atoms with Crippen molar-refractivity contribution in [2.45, 2.75) is 12.6 Å². The zero-order valence-electron chi connectivity index (χ0n) is 14.6. The summed E-state index contributed by atoms with van der Waals surface area (Å²) in [5.74, 6) is 1.28. The Kier molecular flexibility index (Phi) is 3.91. The number of methoxy groups -OCH3 is 1. The first-order valence-corrected chi connectivity index (χ1v) is 8.31. The predicted octanol–water partition coefficient (Wildman–Crippen LogP) is 2.28. The molecule has 7 nitrogen and oxygen atoms in total. The van der Waals surface area contributed by atoms with Gasteiger partial charge in [-0.15, -0.1) is 0 Å². The van der Waals surface area contributed by atoms with Crippen LogP contribution in [-0.4, -0.2) is 42.4 Å². The molecule has 2 aliphatic heterocycles. The first kappa shape index (κ1) is 16.3. The van der Waals surface area contributed by atoms with Crippen molar-refractivity contribution in [3.63, 3.8) is 0 Å². The second-order valence-corrected chi connectivity index (χ2v) is 6.32. The summed E-state index contributed by atoms with van der Waals surface area (Å²) >= 11 is 0. The lowest BCUT2D eigenvalue weighted by Gasteiger charge is -2.31. The molecule has 0 fully saturated rings. The molecule has 0 bridgehead atoms. The van der Waals surface area contributed by atoms with Crippen LogP contribution in [-0.2, 0) is 11.3 Å². The number of ether oxygens (including phenoxy) is 1. The van der Waals surface area contributed by atoms with Crippen molar-refractivity contribution in [3.8, 4) is 5.75 Å². The zero-order chi connectivity index (χ0) is 18.3. The Morgan fingerprint density at radius 1 is 1.27 bits per heavy atom. The van der Waals surface area contributed by atoms with Gasteiger partial charge in [0, 0.05) is 7.05 Å². The van der Waals surface area contributed by atoms with Crippen LogP contribution in [0.2, 0.25) is 0 Å². The number of furan rings is 1. The van der Waals surface area contributed by atoms with Gasteiger partial charge in [-0.25, -0.2) is 4.79 Å². The fourth-order valence-electron chi connectivity index (χ4n) is 3.41. The van der Waals surface area contributed by atoms with Gasteiger partial charge in [0.15, 0.2) is 0 Å². The van der Waals surface area contributed by atoms with Gasteiger partial charge in [0.2, 0.25) is 0 Å². The van der Waals surface area contributed by atoms with Gasteiger partial charge in [0.05, 0.1) is 43.8 Å². The first-order valence-electron chi connectivity index (χ1n) is 8.31. The van der Waals surface area contributed by atoms with Crippen LogP contribution in [0.4, 0.5) is 4.79 Å². The number of rotatable bonds is 4. The predicted molar refractivity (Wildman–Crippen MR) is 93.2 cm³/mol. The maximum Gasteiger partial charge on any atom is 0.322 e. The maximum atomic E-state index is 13.1. The van der Waals surface area contributed by atoms with E-state index in [0.29, 0.717) is 30.2 Å². The Labute approximate surface area is 150 Å². The average molecular weight is 353 g/mol. The summed E-state index contributed by atoms with van der Waals surface area (Å²) in [4.78, 5) is 28.7. The highest BCUT2D eigenvalue weighted by atomic mass is 16.5. The van der Waals surface area contributed by atoms with Gasteiger partial charge in [-0.1, -0.05) is 12.1 Å². The van der Waals surface area contributed by atoms with Crippen LogP contribution in [0.3, 0.4) is 0 Å². The second-order valence-electron chi connectivity index (χ2n) is 6.32. The lowest BCUT2D eigenvalue weighted by molar-refractivity contribution is -0.126. The molecule has 0 unspecified atom stereocenters. The van der Waals surface area contributed by atoms with Gasteiger partial charge in [-0.2, -0.15) is 0 Å². The molecule has 0 radical (unpaired) electrons. The van der Waals surface area contributed by atoms with Gasteiger partial charge in [0.1, 0.15) is 11.5 Å². The number of amides is 3. The molecule has 0 spiro atoms. The largest absolute Gasteiger partial charge is 0.497 e. The summed E-state index contributed by atoms with van der Waals surface area (Å²) < 4.78 is 10.6. The monoisotopic (exact) mass is 353 g/mol. The molecule has 7 heteroatoms. The topological polar surface area (TPSA) is 75.0 Å². The molecular weight excluding hydrogens is 334 g/mol. The number of nitrogens with zero attached hydrogens (tertiary/aromatic N) is 2. The molecule has 1 aromatic carbocycles. The van der Waals surface area contributed by atoms with Gasteiger partial charge in [0.25, 0.3) is 5.91 Å². The fraction of sp³-hybridized carbons (Fsp3) is 0.263. The van der Waals surface area contributed by atoms with Crippen LogP contribution in [0.25, 0.3) is 0 Å². The highest BCUT2D eigenvalue weighted by molar-refractivity contribution is 6.01. The minimum absolute atomic E-state index is 0.101. The van der Waals surface area contributed by atoms with E-state index in [-0.39, 0.29) is 11.9 Å². The Bertz CT molecular complexity index is 888. The second kappa shape index (κ2) is 6.25. The van der Waals surface area contributed by atoms with Crippen LogP contribution in [0.5, 0.6) is 5.75 Å². The summed E-state index contributed by atoms with van der Waals surface area (Å²) in [7, 11) is 3.26. The van der Waals surface area contributed by atoms with Crippen LogP contribution in [0.1, 0.15) is 17.4 Å². The zero-order valence-corrected chi connectivity index (χ0v) is 14.6. The van der Waals surface area contributed by atoms with Crippen molar-refractivity contribution < 1.29 is 18.7 Å². The summed E-state index contributed by atoms with van der Waals surface area (Å²) in [6.45, 7) is 0.741. The van der Waals surface area contributed by atoms with Crippen molar-refractivity contribution in [2.75, 3.05) is 20.7 Å². The van der Waals surface area contributed by atoms with Crippen LogP contribution < -0.4 is 10.1 Å². The van der Waals surface area contributed by atoms with E-state index in [0.717, 1.165) is 11.3 Å². The Morgan fingerprint density at radius 2 is 2.12 bits per heavy atom. The summed E-state index contributed by atoms with van der Waals surface area (Å²) in [5.41, 5.74) is 2.12. The summed E-state index contributed by atoms with van der Waals surface area (Å²) in [5, 5.41) is 2.92. The van der Waals surface area contributed by atoms with E-state index in [9.17, 15) is 9.59 Å². The van der Waals surface area contributed by atoms with Crippen LogP contribution in [0, 0.1) is 0 Å². The van der Waals surface area contributed by atoms with E-state index in [4.69, 9.17) is 9.15 Å². The van der Waals surface area contributed by atoms with Crippen molar-refractivity contribution >= 4 is 11.9 Å². The molecular formula is C19H19N3O4. The third-order valence-corrected chi connectivity index (χ3v) is 4.79. The number of hydrogen-bond donors (Lipinski definition) is 1. The molecule has 0 saturated carbocycles. The maximum absolute atomic E-state index is 13.1. The average Bonchev–Trinajstić information content (AvgIpc) is 3.27. The lowest BCUT2D eigenvalue weighted by Crippen LogP contribution is -2.45. The smallest absolute Gasteiger partial charge is 0.322 e. The lowest BCUT2D eigenvalue weighted by atomic mass is 9.95. The molecule has 0 saturated heterocycles. The van der Waals surface area contributed by atoms with Crippen molar-refractivity contribution in [2.24, 2.45) is 0 Å². The normalized spacial score (nSPS) is 19.7. The highest BCUT2D eigenvalue weighted by Gasteiger charge is 2.43. The van der Waals surface area contributed by atoms with E-state index in [1.807, 2.05) is 30.3 Å². The molecule has 134 valence electrons. The minimum atomic E-state index is -0.502. The molecule has 3 amide bonds. The van der Waals surface area contributed by atoms with Crippen LogP contribution >= 0.6 is 0 Å². The highest BCUT2D eigenvalue weighted by Crippen LogP contribution is 2.36. The number of nitrogens with one attached hydrogen (secondary N) is 1. The molecule has 2 aromatic rings. The quantitative estimate of drug-likeness (QED) is 0.915. The Morgan fingerprint density at radius 3 is 2.85 bits per heavy atom. The molecule has 3 heterocycles. The van der Waals surface area contributed by atoms with E-state index >= 15 is 0 Å². The minimum Gasteiger partial charge on any atom is -0.497 e. The fourth-order valence-corrected chi connectivity index (χ4v) is 3.41. The Balaban J connectivity index is 1.70. The standard InChI is InChI=1S/C19H19N3O4/c1-21-15-11-22(10-14-7-4-8-26-14)18(23)16(15)17(20-19(21)24)12-5-3-6-13(9-12)25-2/h3-9,17H,10-11H2,1-2H3,(H,20,24)/t17-/m1/s1. The van der Waals surface area contributed by atoms with E-state index < -0.39 is 6.04 Å². The Hall–Kier alpha value is -3.22. The summed E-state index contributed by atoms with van der Waals surface area (Å²) in [6, 6.07) is 10.3. The van der Waals surface area contributed by atoms with E-state index in [2.05, 4.69) is 5.32 Å². The number of carbonyl (C=O) groups is 2. The molecule has 2 aliphatic rings. The van der Waals surface area contributed by atoms with Crippen LogP contribution in [0.15, 0.2) is 58.3 Å². The van der Waals surface area contributed by atoms with Crippen molar-refractivity contribution in [1.82, 2.24) is 15.1 Å². The number of benzene rings is 1.